The Balaban J connectivity index is 0.00000338. The number of rotatable bonds is 5. The van der Waals surface area contributed by atoms with Crippen LogP contribution in [0.5, 0.6) is 0 Å². The van der Waals surface area contributed by atoms with Crippen molar-refractivity contribution in [2.45, 2.75) is 24.9 Å². The molecule has 0 heterocycles. The first-order chi connectivity index (χ1) is 11.8. The average molecular weight is 487 g/mol. The van der Waals surface area contributed by atoms with E-state index in [4.69, 9.17) is 0 Å². The molecule has 0 amide bonds. The number of nitrogens with one attached hydrogen (secondary N) is 1. The van der Waals surface area contributed by atoms with E-state index in [1.165, 1.54) is 11.8 Å². The van der Waals surface area contributed by atoms with E-state index in [0.29, 0.717) is 18.0 Å². The van der Waals surface area contributed by atoms with Crippen molar-refractivity contribution in [2.24, 2.45) is 4.99 Å². The second-order valence-corrected chi connectivity index (χ2v) is 8.23. The molecule has 0 bridgehead atoms. The molecule has 0 saturated heterocycles. The van der Waals surface area contributed by atoms with Crippen molar-refractivity contribution in [1.82, 2.24) is 10.2 Å². The normalized spacial score (nSPS) is 11.6. The molecule has 0 aliphatic carbocycles. The first-order valence-corrected chi connectivity index (χ1v) is 9.95. The molecule has 0 fully saturated rings. The topological polar surface area (TPSA) is 61.8 Å². The molecule has 0 spiro atoms. The maximum Gasteiger partial charge on any atom is 0.194 e. The van der Waals surface area contributed by atoms with Crippen LogP contribution in [-0.4, -0.2) is 39.6 Å². The first kappa shape index (κ1) is 22.4. The molecular weight excluding hydrogens is 461 g/mol. The maximum absolute atomic E-state index is 11.7. The SMILES string of the molecule is Cc1cc(CN=C(NCc2ccccc2)N(C)C)ccc1S(C)(=O)=O.I. The van der Waals surface area contributed by atoms with E-state index in [2.05, 4.69) is 22.4 Å². The summed E-state index contributed by atoms with van der Waals surface area (Å²) < 4.78 is 23.4. The van der Waals surface area contributed by atoms with Gasteiger partial charge < -0.3 is 10.2 Å². The van der Waals surface area contributed by atoms with Crippen molar-refractivity contribution < 1.29 is 8.42 Å². The number of hydrogen-bond acceptors (Lipinski definition) is 3. The molecule has 0 aliphatic rings. The van der Waals surface area contributed by atoms with Crippen molar-refractivity contribution in [3.8, 4) is 0 Å². The number of hydrogen-bond donors (Lipinski definition) is 1. The fraction of sp³-hybridized carbons (Fsp3) is 0.316. The molecular formula is C19H26IN3O2S. The van der Waals surface area contributed by atoms with E-state index in [1.807, 2.05) is 56.3 Å². The summed E-state index contributed by atoms with van der Waals surface area (Å²) in [6.45, 7) is 2.99. The summed E-state index contributed by atoms with van der Waals surface area (Å²) in [4.78, 5) is 6.93. The van der Waals surface area contributed by atoms with Crippen molar-refractivity contribution >= 4 is 39.8 Å². The zero-order valence-electron chi connectivity index (χ0n) is 15.6. The van der Waals surface area contributed by atoms with Crippen molar-refractivity contribution in [3.63, 3.8) is 0 Å². The first-order valence-electron chi connectivity index (χ1n) is 8.06. The van der Waals surface area contributed by atoms with Crippen LogP contribution < -0.4 is 5.32 Å². The van der Waals surface area contributed by atoms with E-state index in [9.17, 15) is 8.42 Å². The van der Waals surface area contributed by atoms with Crippen LogP contribution in [0.1, 0.15) is 16.7 Å². The molecule has 2 aromatic carbocycles. The highest BCUT2D eigenvalue weighted by Gasteiger charge is 2.11. The molecule has 0 aromatic heterocycles. The minimum absolute atomic E-state index is 0. The Morgan fingerprint density at radius 2 is 1.73 bits per heavy atom. The lowest BCUT2D eigenvalue weighted by atomic mass is 10.1. The summed E-state index contributed by atoms with van der Waals surface area (Å²) in [5.41, 5.74) is 2.91. The lowest BCUT2D eigenvalue weighted by Gasteiger charge is -2.18. The van der Waals surface area contributed by atoms with Gasteiger partial charge in [0.25, 0.3) is 0 Å². The number of benzene rings is 2. The van der Waals surface area contributed by atoms with Gasteiger partial charge in [-0.3, -0.25) is 0 Å². The number of sulfone groups is 1. The lowest BCUT2D eigenvalue weighted by Crippen LogP contribution is -2.36. The molecule has 0 radical (unpaired) electrons. The van der Waals surface area contributed by atoms with Gasteiger partial charge in [-0.15, -0.1) is 24.0 Å². The molecule has 1 N–H and O–H groups in total. The van der Waals surface area contributed by atoms with Crippen LogP contribution in [0.15, 0.2) is 58.4 Å². The van der Waals surface area contributed by atoms with Gasteiger partial charge in [0.15, 0.2) is 15.8 Å². The fourth-order valence-electron chi connectivity index (χ4n) is 2.52. The van der Waals surface area contributed by atoms with Gasteiger partial charge in [0, 0.05) is 26.9 Å². The third-order valence-corrected chi connectivity index (χ3v) is 5.02. The molecule has 26 heavy (non-hydrogen) atoms. The highest BCUT2D eigenvalue weighted by Crippen LogP contribution is 2.17. The lowest BCUT2D eigenvalue weighted by molar-refractivity contribution is 0.578. The van der Waals surface area contributed by atoms with Crippen LogP contribution in [0.2, 0.25) is 0 Å². The maximum atomic E-state index is 11.7. The molecule has 2 rings (SSSR count). The van der Waals surface area contributed by atoms with E-state index in [0.717, 1.165) is 17.1 Å². The number of halogens is 1. The Kier molecular flexibility index (Phi) is 8.55. The molecule has 0 aliphatic heterocycles. The third kappa shape index (κ3) is 6.60. The van der Waals surface area contributed by atoms with Gasteiger partial charge >= 0.3 is 0 Å². The number of nitrogens with zero attached hydrogens (tertiary/aromatic N) is 2. The number of guanidine groups is 1. The van der Waals surface area contributed by atoms with Crippen LogP contribution in [0.25, 0.3) is 0 Å². The molecule has 0 saturated carbocycles. The summed E-state index contributed by atoms with van der Waals surface area (Å²) in [5, 5.41) is 3.34. The zero-order chi connectivity index (χ0) is 18.4. The van der Waals surface area contributed by atoms with Crippen molar-refractivity contribution in [2.75, 3.05) is 20.4 Å². The number of aryl methyl sites for hydroxylation is 1. The van der Waals surface area contributed by atoms with Crippen LogP contribution in [0, 0.1) is 6.92 Å². The summed E-state index contributed by atoms with van der Waals surface area (Å²) >= 11 is 0. The van der Waals surface area contributed by atoms with Crippen LogP contribution in [0.3, 0.4) is 0 Å². The molecule has 142 valence electrons. The van der Waals surface area contributed by atoms with E-state index in [-0.39, 0.29) is 24.0 Å². The monoisotopic (exact) mass is 487 g/mol. The van der Waals surface area contributed by atoms with Crippen LogP contribution in [0.4, 0.5) is 0 Å². The molecule has 0 atom stereocenters. The van der Waals surface area contributed by atoms with Gasteiger partial charge in [-0.05, 0) is 29.7 Å². The molecule has 7 heteroatoms. The van der Waals surface area contributed by atoms with E-state index >= 15 is 0 Å². The minimum atomic E-state index is -3.19. The standard InChI is InChI=1S/C19H25N3O2S.HI/c1-15-12-17(10-11-18(15)25(4,23)24)14-21-19(22(2)3)20-13-16-8-6-5-7-9-16;/h5-12H,13-14H2,1-4H3,(H,20,21);1H. The quantitative estimate of drug-likeness (QED) is 0.400. The van der Waals surface area contributed by atoms with Gasteiger partial charge in [0.2, 0.25) is 0 Å². The summed E-state index contributed by atoms with van der Waals surface area (Å²) in [6, 6.07) is 15.5. The Labute approximate surface area is 173 Å². The fourth-order valence-corrected chi connectivity index (χ4v) is 3.48. The van der Waals surface area contributed by atoms with Crippen molar-refractivity contribution in [1.29, 1.82) is 0 Å². The van der Waals surface area contributed by atoms with Gasteiger partial charge in [0.05, 0.1) is 11.4 Å². The van der Waals surface area contributed by atoms with Crippen LogP contribution in [-0.2, 0) is 22.9 Å². The Morgan fingerprint density at radius 3 is 2.27 bits per heavy atom. The second kappa shape index (κ2) is 9.91. The number of aliphatic imine (C=N–C) groups is 1. The molecule has 0 unspecified atom stereocenters. The predicted molar refractivity (Wildman–Crippen MR) is 118 cm³/mol. The zero-order valence-corrected chi connectivity index (χ0v) is 18.7. The largest absolute Gasteiger partial charge is 0.352 e. The van der Waals surface area contributed by atoms with Gasteiger partial charge in [-0.1, -0.05) is 42.5 Å². The Bertz CT molecular complexity index is 850. The van der Waals surface area contributed by atoms with Gasteiger partial charge in [-0.2, -0.15) is 0 Å². The Hall–Kier alpha value is -1.61. The summed E-state index contributed by atoms with van der Waals surface area (Å²) in [7, 11) is 0.688. The molecule has 5 nitrogen and oxygen atoms in total. The summed E-state index contributed by atoms with van der Waals surface area (Å²) in [6.07, 6.45) is 1.23. The molecule has 2 aromatic rings. The van der Waals surface area contributed by atoms with Crippen molar-refractivity contribution in [3.05, 3.63) is 65.2 Å². The van der Waals surface area contributed by atoms with Crippen LogP contribution >= 0.6 is 24.0 Å². The minimum Gasteiger partial charge on any atom is -0.352 e. The highest BCUT2D eigenvalue weighted by molar-refractivity contribution is 14.0. The average Bonchev–Trinajstić information content (AvgIpc) is 2.54. The third-order valence-electron chi connectivity index (χ3n) is 3.77. The van der Waals surface area contributed by atoms with E-state index < -0.39 is 9.84 Å². The second-order valence-electron chi connectivity index (χ2n) is 6.25. The van der Waals surface area contributed by atoms with Gasteiger partial charge in [-0.25, -0.2) is 13.4 Å². The predicted octanol–water partition coefficient (Wildman–Crippen LogP) is 3.22. The summed E-state index contributed by atoms with van der Waals surface area (Å²) in [5.74, 6) is 0.786. The Morgan fingerprint density at radius 1 is 1.08 bits per heavy atom. The highest BCUT2D eigenvalue weighted by atomic mass is 127. The van der Waals surface area contributed by atoms with E-state index in [1.54, 1.807) is 6.07 Å². The van der Waals surface area contributed by atoms with Gasteiger partial charge in [0.1, 0.15) is 0 Å². The smallest absolute Gasteiger partial charge is 0.194 e.